The van der Waals surface area contributed by atoms with Crippen LogP contribution in [0.25, 0.3) is 0 Å². The molecule has 3 atom stereocenters. The number of fused-ring (bicyclic) bond motifs is 7. The fraction of sp³-hybridized carbons (Fsp3) is 0.375. The number of hydrogen-bond donors (Lipinski definition) is 0. The molecule has 1 aliphatic carbocycles. The van der Waals surface area contributed by atoms with E-state index in [0.29, 0.717) is 24.6 Å². The molecule has 1 aromatic carbocycles. The number of rotatable bonds is 5. The van der Waals surface area contributed by atoms with Crippen LogP contribution in [0, 0.1) is 17.6 Å². The van der Waals surface area contributed by atoms with Crippen molar-refractivity contribution in [1.29, 1.82) is 0 Å². The van der Waals surface area contributed by atoms with E-state index >= 15 is 0 Å². The van der Waals surface area contributed by atoms with Crippen molar-refractivity contribution in [3.05, 3.63) is 69.9 Å². The number of hydrogen-bond acceptors (Lipinski definition) is 6. The molecule has 4 heterocycles. The fourth-order valence-electron chi connectivity index (χ4n) is 5.50. The van der Waals surface area contributed by atoms with E-state index in [0.717, 1.165) is 49.5 Å². The van der Waals surface area contributed by atoms with E-state index < -0.39 is 40.7 Å². The van der Waals surface area contributed by atoms with Crippen molar-refractivity contribution in [2.75, 3.05) is 4.90 Å². The molecule has 0 N–H and O–H groups in total. The van der Waals surface area contributed by atoms with Crippen LogP contribution in [-0.2, 0) is 19.3 Å². The molecule has 2 bridgehead atoms. The van der Waals surface area contributed by atoms with Gasteiger partial charge in [0.15, 0.2) is 17.4 Å². The van der Waals surface area contributed by atoms with Crippen molar-refractivity contribution in [3.8, 4) is 17.4 Å². The summed E-state index contributed by atoms with van der Waals surface area (Å²) in [4.78, 5) is 21.9. The molecule has 0 amide bonds. The van der Waals surface area contributed by atoms with Crippen molar-refractivity contribution in [3.63, 3.8) is 0 Å². The summed E-state index contributed by atoms with van der Waals surface area (Å²) in [7, 11) is 0. The van der Waals surface area contributed by atoms with Gasteiger partial charge in [0.1, 0.15) is 23.9 Å². The van der Waals surface area contributed by atoms with Gasteiger partial charge in [0.05, 0.1) is 6.04 Å². The summed E-state index contributed by atoms with van der Waals surface area (Å²) in [6.07, 6.45) is -0.551. The number of nitrogens with zero attached hydrogens (tertiary/aromatic N) is 4. The lowest BCUT2D eigenvalue weighted by Crippen LogP contribution is -2.37. The van der Waals surface area contributed by atoms with Gasteiger partial charge in [-0.3, -0.25) is 9.55 Å². The molecule has 2 aromatic heterocycles. The van der Waals surface area contributed by atoms with Gasteiger partial charge in [-0.2, -0.15) is 18.2 Å². The van der Waals surface area contributed by atoms with Crippen LogP contribution in [0.15, 0.2) is 41.3 Å². The van der Waals surface area contributed by atoms with Crippen molar-refractivity contribution in [1.82, 2.24) is 14.5 Å². The third kappa shape index (κ3) is 3.84. The molecule has 2 aliphatic heterocycles. The Morgan fingerprint density at radius 2 is 1.86 bits per heavy atom. The predicted octanol–water partition coefficient (Wildman–Crippen LogP) is 4.68. The molecular weight excluding hydrogens is 487 g/mol. The molecule has 188 valence electrons. The summed E-state index contributed by atoms with van der Waals surface area (Å²) < 4.78 is 80.0. The monoisotopic (exact) mass is 506 g/mol. The molecule has 1 saturated heterocycles. The normalized spacial score (nSPS) is 22.0. The number of anilines is 1. The van der Waals surface area contributed by atoms with Crippen LogP contribution in [0.5, 0.6) is 17.4 Å². The molecule has 0 spiro atoms. The SMILES string of the molecule is O=c1nc(OCc2cc(F)c(Oc3ccnc(C(F)(F)F)c3)c(F)c2)cc2n1C[C@H]1[C@@H]3CC[C@@H](C3)N21. The Morgan fingerprint density at radius 3 is 2.61 bits per heavy atom. The molecule has 6 rings (SSSR count). The van der Waals surface area contributed by atoms with Gasteiger partial charge < -0.3 is 14.4 Å². The number of piperidine rings is 1. The number of ether oxygens (including phenoxy) is 2. The Labute approximate surface area is 201 Å². The number of halogens is 5. The smallest absolute Gasteiger partial charge is 0.433 e. The Bertz CT molecular complexity index is 1390. The van der Waals surface area contributed by atoms with Crippen molar-refractivity contribution >= 4 is 5.82 Å². The van der Waals surface area contributed by atoms with E-state index in [9.17, 15) is 26.7 Å². The first-order valence-electron chi connectivity index (χ1n) is 11.4. The highest BCUT2D eigenvalue weighted by molar-refractivity contribution is 5.51. The van der Waals surface area contributed by atoms with Gasteiger partial charge in [-0.1, -0.05) is 0 Å². The fourth-order valence-corrected chi connectivity index (χ4v) is 5.50. The van der Waals surface area contributed by atoms with Crippen LogP contribution >= 0.6 is 0 Å². The quantitative estimate of drug-likeness (QED) is 0.469. The topological polar surface area (TPSA) is 69.5 Å². The van der Waals surface area contributed by atoms with Crippen LogP contribution in [0.2, 0.25) is 0 Å². The third-order valence-corrected chi connectivity index (χ3v) is 7.03. The lowest BCUT2D eigenvalue weighted by molar-refractivity contribution is -0.141. The second-order valence-electron chi connectivity index (χ2n) is 9.20. The average Bonchev–Trinajstić information content (AvgIpc) is 3.53. The van der Waals surface area contributed by atoms with E-state index in [2.05, 4.69) is 14.9 Å². The second-order valence-corrected chi connectivity index (χ2v) is 9.20. The van der Waals surface area contributed by atoms with Gasteiger partial charge in [-0.15, -0.1) is 0 Å². The lowest BCUT2D eigenvalue weighted by Gasteiger charge is -2.30. The maximum absolute atomic E-state index is 14.6. The number of pyridine rings is 1. The molecule has 0 unspecified atom stereocenters. The van der Waals surface area contributed by atoms with E-state index in [1.807, 2.05) is 0 Å². The van der Waals surface area contributed by atoms with E-state index in [-0.39, 0.29) is 24.1 Å². The zero-order valence-corrected chi connectivity index (χ0v) is 18.6. The number of aromatic nitrogens is 3. The van der Waals surface area contributed by atoms with Gasteiger partial charge >= 0.3 is 11.9 Å². The Kier molecular flexibility index (Phi) is 5.16. The summed E-state index contributed by atoms with van der Waals surface area (Å²) in [5, 5.41) is 0. The third-order valence-electron chi connectivity index (χ3n) is 7.03. The molecular formula is C24H19F5N4O3. The highest BCUT2D eigenvalue weighted by Gasteiger charge is 2.50. The zero-order chi connectivity index (χ0) is 25.2. The summed E-state index contributed by atoms with van der Waals surface area (Å²) in [5.41, 5.74) is -1.60. The average molecular weight is 506 g/mol. The highest BCUT2D eigenvalue weighted by Crippen LogP contribution is 2.48. The lowest BCUT2D eigenvalue weighted by atomic mass is 10.00. The molecule has 3 aliphatic rings. The van der Waals surface area contributed by atoms with E-state index in [4.69, 9.17) is 9.47 Å². The number of benzene rings is 1. The molecule has 7 nitrogen and oxygen atoms in total. The van der Waals surface area contributed by atoms with Crippen LogP contribution in [0.3, 0.4) is 0 Å². The first-order valence-corrected chi connectivity index (χ1v) is 11.4. The molecule has 36 heavy (non-hydrogen) atoms. The van der Waals surface area contributed by atoms with Crippen molar-refractivity contribution in [2.24, 2.45) is 5.92 Å². The van der Waals surface area contributed by atoms with E-state index in [1.54, 1.807) is 10.6 Å². The van der Waals surface area contributed by atoms with Gasteiger partial charge in [0.2, 0.25) is 5.88 Å². The predicted molar refractivity (Wildman–Crippen MR) is 116 cm³/mol. The van der Waals surface area contributed by atoms with Gasteiger partial charge in [-0.25, -0.2) is 13.6 Å². The second kappa shape index (κ2) is 8.17. The summed E-state index contributed by atoms with van der Waals surface area (Å²) in [5.74, 6) is -2.17. The van der Waals surface area contributed by atoms with E-state index in [1.165, 1.54) is 0 Å². The molecule has 12 heteroatoms. The largest absolute Gasteiger partial charge is 0.473 e. The Morgan fingerprint density at radius 1 is 1.08 bits per heavy atom. The summed E-state index contributed by atoms with van der Waals surface area (Å²) in [6, 6.07) is 5.85. The molecule has 0 radical (unpaired) electrons. The Hall–Kier alpha value is -3.70. The van der Waals surface area contributed by atoms with Gasteiger partial charge in [-0.05, 0) is 48.9 Å². The number of alkyl halides is 3. The molecule has 2 fully saturated rings. The van der Waals surface area contributed by atoms with Crippen LogP contribution in [0.1, 0.15) is 30.5 Å². The van der Waals surface area contributed by atoms with Crippen LogP contribution < -0.4 is 20.1 Å². The highest BCUT2D eigenvalue weighted by atomic mass is 19.4. The van der Waals surface area contributed by atoms with Crippen LogP contribution in [0.4, 0.5) is 27.8 Å². The van der Waals surface area contributed by atoms with Crippen LogP contribution in [-0.4, -0.2) is 26.6 Å². The Balaban J connectivity index is 1.19. The zero-order valence-electron chi connectivity index (χ0n) is 18.6. The molecule has 1 saturated carbocycles. The standard InChI is InChI=1S/C24H19F5N4O3/c25-16-5-12(6-17(26)22(16)36-15-3-4-30-19(8-15)24(27,28)29)11-35-20-9-21-32(23(34)31-20)10-18-13-1-2-14(7-13)33(18)21/h3-6,8-9,13-14,18H,1-2,7,10-11H2/t13-,14+,18+/m1/s1. The minimum absolute atomic E-state index is 0.0484. The first-order chi connectivity index (χ1) is 17.2. The van der Waals surface area contributed by atoms with Gasteiger partial charge in [0, 0.05) is 30.9 Å². The van der Waals surface area contributed by atoms with Crippen molar-refractivity contribution < 1.29 is 31.4 Å². The van der Waals surface area contributed by atoms with Gasteiger partial charge in [0.25, 0.3) is 0 Å². The molecule has 3 aromatic rings. The maximum atomic E-state index is 14.6. The maximum Gasteiger partial charge on any atom is 0.433 e. The minimum atomic E-state index is -4.74. The minimum Gasteiger partial charge on any atom is -0.473 e. The summed E-state index contributed by atoms with van der Waals surface area (Å²) >= 11 is 0. The van der Waals surface area contributed by atoms with Crippen molar-refractivity contribution in [2.45, 2.75) is 50.7 Å². The first kappa shape index (κ1) is 22.7. The summed E-state index contributed by atoms with van der Waals surface area (Å²) in [6.45, 7) is 0.315.